The van der Waals surface area contributed by atoms with Gasteiger partial charge in [0.25, 0.3) is 5.56 Å². The van der Waals surface area contributed by atoms with Crippen LogP contribution in [0.3, 0.4) is 0 Å². The predicted octanol–water partition coefficient (Wildman–Crippen LogP) is 3.88. The number of hydrogen-bond donors (Lipinski definition) is 1. The van der Waals surface area contributed by atoms with Crippen molar-refractivity contribution in [2.24, 2.45) is 7.05 Å². The highest BCUT2D eigenvalue weighted by Gasteiger charge is 2.20. The van der Waals surface area contributed by atoms with Gasteiger partial charge in [0, 0.05) is 19.4 Å². The van der Waals surface area contributed by atoms with Crippen LogP contribution in [-0.2, 0) is 13.6 Å². The average molecular weight is 406 g/mol. The van der Waals surface area contributed by atoms with E-state index in [9.17, 15) is 4.79 Å². The highest BCUT2D eigenvalue weighted by atomic mass is 35.5. The smallest absolute Gasteiger partial charge is 0.287 e. The van der Waals surface area contributed by atoms with Crippen LogP contribution in [0.4, 0.5) is 5.69 Å². The molecule has 0 bridgehead atoms. The summed E-state index contributed by atoms with van der Waals surface area (Å²) in [7, 11) is 1.93. The summed E-state index contributed by atoms with van der Waals surface area (Å²) in [5.41, 5.74) is 2.12. The summed E-state index contributed by atoms with van der Waals surface area (Å²) in [6.45, 7) is 0.362. The summed E-state index contributed by atoms with van der Waals surface area (Å²) in [6.07, 6.45) is 5.21. The van der Waals surface area contributed by atoms with Crippen LogP contribution in [0.15, 0.2) is 84.0 Å². The standard InChI is InChI=1S/C22H20ClN5O/c1-27-13-12-24-21(27)20(17-10-6-3-7-11-17)26-18-14-25-28(22(29)19(18)23)15-16-8-4-2-5-9-16/h2-14,20,26H,15H2,1H3/t20-/m1/s1. The van der Waals surface area contributed by atoms with E-state index in [1.807, 2.05) is 78.5 Å². The second-order valence-corrected chi connectivity index (χ2v) is 7.08. The molecule has 0 saturated carbocycles. The SMILES string of the molecule is Cn1ccnc1[C@H](Nc1cnn(Cc2ccccc2)c(=O)c1Cl)c1ccccc1. The van der Waals surface area contributed by atoms with Gasteiger partial charge in [-0.1, -0.05) is 72.3 Å². The molecule has 4 rings (SSSR count). The third-order valence-electron chi connectivity index (χ3n) is 4.71. The first-order valence-electron chi connectivity index (χ1n) is 9.21. The summed E-state index contributed by atoms with van der Waals surface area (Å²) in [5, 5.41) is 7.77. The molecule has 0 amide bonds. The maximum Gasteiger partial charge on any atom is 0.287 e. The topological polar surface area (TPSA) is 64.7 Å². The van der Waals surface area contributed by atoms with Crippen LogP contribution >= 0.6 is 11.6 Å². The molecule has 1 atom stereocenters. The maximum atomic E-state index is 12.8. The average Bonchev–Trinajstić information content (AvgIpc) is 3.18. The van der Waals surface area contributed by atoms with Crippen LogP contribution < -0.4 is 10.9 Å². The molecule has 29 heavy (non-hydrogen) atoms. The first kappa shape index (κ1) is 19.0. The Morgan fingerprint density at radius 2 is 1.76 bits per heavy atom. The lowest BCUT2D eigenvalue weighted by Gasteiger charge is -2.21. The summed E-state index contributed by atoms with van der Waals surface area (Å²) in [5.74, 6) is 0.806. The first-order chi connectivity index (χ1) is 14.1. The number of imidazole rings is 1. The number of benzene rings is 2. The van der Waals surface area contributed by atoms with Gasteiger partial charge in [0.15, 0.2) is 0 Å². The van der Waals surface area contributed by atoms with Gasteiger partial charge in [-0.05, 0) is 11.1 Å². The van der Waals surface area contributed by atoms with Crippen molar-refractivity contribution in [3.8, 4) is 0 Å². The Hall–Kier alpha value is -3.38. The Labute approximate surface area is 173 Å². The molecular weight excluding hydrogens is 386 g/mol. The second kappa shape index (κ2) is 8.32. The number of aryl methyl sites for hydroxylation is 1. The number of anilines is 1. The fraction of sp³-hybridized carbons (Fsp3) is 0.136. The van der Waals surface area contributed by atoms with Crippen molar-refractivity contribution in [2.75, 3.05) is 5.32 Å². The van der Waals surface area contributed by atoms with E-state index in [2.05, 4.69) is 15.4 Å². The van der Waals surface area contributed by atoms with Gasteiger partial charge in [0.1, 0.15) is 16.9 Å². The quantitative estimate of drug-likeness (QED) is 0.528. The van der Waals surface area contributed by atoms with E-state index in [0.717, 1.165) is 17.0 Å². The highest BCUT2D eigenvalue weighted by molar-refractivity contribution is 6.32. The van der Waals surface area contributed by atoms with Gasteiger partial charge in [-0.15, -0.1) is 0 Å². The Morgan fingerprint density at radius 3 is 2.41 bits per heavy atom. The molecule has 4 aromatic rings. The third-order valence-corrected chi connectivity index (χ3v) is 5.07. The van der Waals surface area contributed by atoms with Crippen LogP contribution in [0.25, 0.3) is 0 Å². The maximum absolute atomic E-state index is 12.8. The zero-order valence-electron chi connectivity index (χ0n) is 15.9. The number of halogens is 1. The van der Waals surface area contributed by atoms with Crippen molar-refractivity contribution in [2.45, 2.75) is 12.6 Å². The van der Waals surface area contributed by atoms with Gasteiger partial charge in [-0.25, -0.2) is 9.67 Å². The third kappa shape index (κ3) is 4.07. The zero-order valence-corrected chi connectivity index (χ0v) is 16.6. The summed E-state index contributed by atoms with van der Waals surface area (Å²) >= 11 is 6.43. The molecular formula is C22H20ClN5O. The lowest BCUT2D eigenvalue weighted by atomic mass is 10.1. The highest BCUT2D eigenvalue weighted by Crippen LogP contribution is 2.27. The van der Waals surface area contributed by atoms with Crippen LogP contribution in [0.5, 0.6) is 0 Å². The molecule has 0 radical (unpaired) electrons. The van der Waals surface area contributed by atoms with Crippen molar-refractivity contribution in [1.82, 2.24) is 19.3 Å². The molecule has 0 aliphatic heterocycles. The van der Waals surface area contributed by atoms with Gasteiger partial charge < -0.3 is 9.88 Å². The van der Waals surface area contributed by atoms with Gasteiger partial charge in [0.05, 0.1) is 18.4 Å². The van der Waals surface area contributed by atoms with E-state index < -0.39 is 0 Å². The van der Waals surface area contributed by atoms with Crippen molar-refractivity contribution in [3.05, 3.63) is 112 Å². The molecule has 0 aliphatic carbocycles. The largest absolute Gasteiger partial charge is 0.369 e. The van der Waals surface area contributed by atoms with Crippen molar-refractivity contribution in [1.29, 1.82) is 0 Å². The molecule has 0 fully saturated rings. The number of hydrogen-bond acceptors (Lipinski definition) is 4. The monoisotopic (exact) mass is 405 g/mol. The Morgan fingerprint density at radius 1 is 1.07 bits per heavy atom. The van der Waals surface area contributed by atoms with E-state index in [0.29, 0.717) is 12.2 Å². The Bertz CT molecular complexity index is 1150. The Balaban J connectivity index is 1.67. The zero-order chi connectivity index (χ0) is 20.2. The molecule has 0 spiro atoms. The molecule has 1 N–H and O–H groups in total. The van der Waals surface area contributed by atoms with E-state index in [-0.39, 0.29) is 16.6 Å². The number of rotatable bonds is 6. The van der Waals surface area contributed by atoms with Crippen molar-refractivity contribution < 1.29 is 0 Å². The minimum absolute atomic E-state index is 0.103. The van der Waals surface area contributed by atoms with Gasteiger partial charge in [0.2, 0.25) is 0 Å². The summed E-state index contributed by atoms with van der Waals surface area (Å²) in [4.78, 5) is 17.2. The molecule has 146 valence electrons. The molecule has 2 heterocycles. The number of nitrogens with zero attached hydrogens (tertiary/aromatic N) is 4. The second-order valence-electron chi connectivity index (χ2n) is 6.71. The van der Waals surface area contributed by atoms with Crippen molar-refractivity contribution in [3.63, 3.8) is 0 Å². The van der Waals surface area contributed by atoms with E-state index in [4.69, 9.17) is 11.6 Å². The van der Waals surface area contributed by atoms with Crippen molar-refractivity contribution >= 4 is 17.3 Å². The summed E-state index contributed by atoms with van der Waals surface area (Å²) in [6, 6.07) is 19.3. The van der Waals surface area contributed by atoms with E-state index in [1.165, 1.54) is 4.68 Å². The summed E-state index contributed by atoms with van der Waals surface area (Å²) < 4.78 is 3.30. The fourth-order valence-electron chi connectivity index (χ4n) is 3.19. The number of nitrogens with one attached hydrogen (secondary N) is 1. The van der Waals surface area contributed by atoms with Gasteiger partial charge in [-0.2, -0.15) is 5.10 Å². The molecule has 0 unspecified atom stereocenters. The van der Waals surface area contributed by atoms with E-state index in [1.54, 1.807) is 12.4 Å². The molecule has 6 nitrogen and oxygen atoms in total. The molecule has 2 aromatic carbocycles. The van der Waals surface area contributed by atoms with Gasteiger partial charge in [-0.3, -0.25) is 4.79 Å². The molecule has 7 heteroatoms. The Kier molecular flexibility index (Phi) is 5.44. The predicted molar refractivity (Wildman–Crippen MR) is 114 cm³/mol. The van der Waals surface area contributed by atoms with Gasteiger partial charge >= 0.3 is 0 Å². The van der Waals surface area contributed by atoms with Crippen LogP contribution in [0.1, 0.15) is 23.0 Å². The minimum Gasteiger partial charge on any atom is -0.369 e. The normalized spacial score (nSPS) is 11.9. The van der Waals surface area contributed by atoms with Crippen LogP contribution in [-0.4, -0.2) is 19.3 Å². The van der Waals surface area contributed by atoms with Crippen LogP contribution in [0, 0.1) is 0 Å². The fourth-order valence-corrected chi connectivity index (χ4v) is 3.39. The minimum atomic E-state index is -0.341. The molecule has 0 saturated heterocycles. The molecule has 0 aliphatic rings. The van der Waals surface area contributed by atoms with E-state index >= 15 is 0 Å². The number of aromatic nitrogens is 4. The molecule has 2 aromatic heterocycles. The first-order valence-corrected chi connectivity index (χ1v) is 9.59. The lowest BCUT2D eigenvalue weighted by molar-refractivity contribution is 0.638. The van der Waals surface area contributed by atoms with Crippen LogP contribution in [0.2, 0.25) is 5.02 Å². The lowest BCUT2D eigenvalue weighted by Crippen LogP contribution is -2.26.